The van der Waals surface area contributed by atoms with E-state index in [0.717, 1.165) is 17.9 Å². The first kappa shape index (κ1) is 9.43. The molecule has 3 nitrogen and oxygen atoms in total. The lowest BCUT2D eigenvalue weighted by molar-refractivity contribution is -0.134. The molecular formula is C7H16N2O. The Morgan fingerprint density at radius 1 is 1.50 bits per heavy atom. The minimum Gasteiger partial charge on any atom is -0.284 e. The third-order valence-electron chi connectivity index (χ3n) is 1.68. The van der Waals surface area contributed by atoms with Gasteiger partial charge >= 0.3 is 0 Å². The van der Waals surface area contributed by atoms with Crippen molar-refractivity contribution in [2.75, 3.05) is 7.05 Å². The summed E-state index contributed by atoms with van der Waals surface area (Å²) in [5.74, 6) is 5.41. The molecule has 0 atom stereocenters. The first-order valence-electron chi connectivity index (χ1n) is 3.65. The normalized spacial score (nSPS) is 10.1. The Morgan fingerprint density at radius 3 is 2.00 bits per heavy atom. The zero-order chi connectivity index (χ0) is 8.15. The van der Waals surface area contributed by atoms with E-state index in [1.807, 2.05) is 13.8 Å². The monoisotopic (exact) mass is 144 g/mol. The maximum atomic E-state index is 11.1. The van der Waals surface area contributed by atoms with Gasteiger partial charge in [-0.2, -0.15) is 0 Å². The zero-order valence-corrected chi connectivity index (χ0v) is 6.92. The van der Waals surface area contributed by atoms with Crippen LogP contribution in [0.5, 0.6) is 0 Å². The van der Waals surface area contributed by atoms with Gasteiger partial charge in [0.05, 0.1) is 0 Å². The van der Waals surface area contributed by atoms with Crippen molar-refractivity contribution < 1.29 is 4.79 Å². The van der Waals surface area contributed by atoms with Crippen LogP contribution in [0.3, 0.4) is 0 Å². The average Bonchev–Trinajstić information content (AvgIpc) is 1.90. The van der Waals surface area contributed by atoms with Crippen LogP contribution < -0.4 is 5.84 Å². The lowest BCUT2D eigenvalue weighted by atomic mass is 10.0. The van der Waals surface area contributed by atoms with E-state index in [-0.39, 0.29) is 11.8 Å². The van der Waals surface area contributed by atoms with Gasteiger partial charge in [0.1, 0.15) is 0 Å². The van der Waals surface area contributed by atoms with Gasteiger partial charge in [-0.15, -0.1) is 0 Å². The standard InChI is InChI=1S/C7H16N2O/c1-4-6(5-2)7(10)9(3)8/h6H,4-5,8H2,1-3H3. The quantitative estimate of drug-likeness (QED) is 0.361. The van der Waals surface area contributed by atoms with Crippen LogP contribution in [0.15, 0.2) is 0 Å². The number of nitrogens with zero attached hydrogens (tertiary/aromatic N) is 1. The highest BCUT2D eigenvalue weighted by atomic mass is 16.2. The maximum Gasteiger partial charge on any atom is 0.239 e. The van der Waals surface area contributed by atoms with Crippen LogP contribution >= 0.6 is 0 Å². The van der Waals surface area contributed by atoms with Gasteiger partial charge in [-0.05, 0) is 12.8 Å². The predicted molar refractivity (Wildman–Crippen MR) is 41.0 cm³/mol. The van der Waals surface area contributed by atoms with Crippen molar-refractivity contribution in [1.82, 2.24) is 5.01 Å². The molecule has 10 heavy (non-hydrogen) atoms. The Kier molecular flexibility index (Phi) is 4.03. The molecule has 0 unspecified atom stereocenters. The molecule has 0 heterocycles. The number of nitrogens with two attached hydrogens (primary N) is 1. The number of hydrazine groups is 1. The Labute approximate surface area is 62.2 Å². The van der Waals surface area contributed by atoms with Crippen molar-refractivity contribution in [2.24, 2.45) is 11.8 Å². The minimum absolute atomic E-state index is 0.0324. The topological polar surface area (TPSA) is 46.3 Å². The van der Waals surface area contributed by atoms with Crippen molar-refractivity contribution in [3.05, 3.63) is 0 Å². The van der Waals surface area contributed by atoms with Crippen LogP contribution in [-0.4, -0.2) is 18.0 Å². The van der Waals surface area contributed by atoms with Crippen molar-refractivity contribution in [3.63, 3.8) is 0 Å². The molecule has 0 spiro atoms. The number of carbonyl (C=O) groups is 1. The van der Waals surface area contributed by atoms with Crippen LogP contribution in [-0.2, 0) is 4.79 Å². The average molecular weight is 144 g/mol. The summed E-state index contributed by atoms with van der Waals surface area (Å²) in [6, 6.07) is 0. The Hall–Kier alpha value is -0.570. The summed E-state index contributed by atoms with van der Waals surface area (Å²) < 4.78 is 0. The van der Waals surface area contributed by atoms with Crippen LogP contribution in [0.1, 0.15) is 26.7 Å². The van der Waals surface area contributed by atoms with Gasteiger partial charge in [-0.1, -0.05) is 13.8 Å². The number of hydrogen-bond acceptors (Lipinski definition) is 2. The molecule has 0 bridgehead atoms. The SMILES string of the molecule is CCC(CC)C(=O)N(C)N. The molecule has 1 amide bonds. The van der Waals surface area contributed by atoms with E-state index in [2.05, 4.69) is 0 Å². The van der Waals surface area contributed by atoms with Gasteiger partial charge in [0.25, 0.3) is 0 Å². The summed E-state index contributed by atoms with van der Waals surface area (Å²) >= 11 is 0. The lowest BCUT2D eigenvalue weighted by Crippen LogP contribution is -2.37. The van der Waals surface area contributed by atoms with Crippen molar-refractivity contribution >= 4 is 5.91 Å². The number of hydrogen-bond donors (Lipinski definition) is 1. The van der Waals surface area contributed by atoms with Gasteiger partial charge in [0, 0.05) is 13.0 Å². The third-order valence-corrected chi connectivity index (χ3v) is 1.68. The highest BCUT2D eigenvalue weighted by Crippen LogP contribution is 2.08. The van der Waals surface area contributed by atoms with Crippen LogP contribution in [0.25, 0.3) is 0 Å². The predicted octanol–water partition coefficient (Wildman–Crippen LogP) is 0.755. The largest absolute Gasteiger partial charge is 0.284 e. The first-order chi connectivity index (χ1) is 4.63. The van der Waals surface area contributed by atoms with Crippen LogP contribution in [0, 0.1) is 5.92 Å². The second kappa shape index (κ2) is 4.28. The first-order valence-corrected chi connectivity index (χ1v) is 3.65. The summed E-state index contributed by atoms with van der Waals surface area (Å²) in [6.07, 6.45) is 1.74. The smallest absolute Gasteiger partial charge is 0.239 e. The van der Waals surface area contributed by atoms with Crippen LogP contribution in [0.2, 0.25) is 0 Å². The molecule has 0 aliphatic heterocycles. The number of carbonyl (C=O) groups excluding carboxylic acids is 1. The fourth-order valence-corrected chi connectivity index (χ4v) is 0.926. The summed E-state index contributed by atoms with van der Waals surface area (Å²) in [4.78, 5) is 11.1. The van der Waals surface area contributed by atoms with E-state index in [1.165, 1.54) is 0 Å². The molecular weight excluding hydrogens is 128 g/mol. The van der Waals surface area contributed by atoms with Gasteiger partial charge in [0.2, 0.25) is 5.91 Å². The molecule has 0 aromatic rings. The Morgan fingerprint density at radius 2 is 1.90 bits per heavy atom. The van der Waals surface area contributed by atoms with Crippen LogP contribution in [0.4, 0.5) is 0 Å². The van der Waals surface area contributed by atoms with E-state index in [1.54, 1.807) is 7.05 Å². The highest BCUT2D eigenvalue weighted by Gasteiger charge is 2.15. The van der Waals surface area contributed by atoms with Crippen molar-refractivity contribution in [1.29, 1.82) is 0 Å². The molecule has 60 valence electrons. The Bertz CT molecular complexity index is 108. The molecule has 0 saturated carbocycles. The summed E-state index contributed by atoms with van der Waals surface area (Å²) in [5, 5.41) is 1.16. The molecule has 2 N–H and O–H groups in total. The Balaban J connectivity index is 3.89. The molecule has 0 saturated heterocycles. The molecule has 0 fully saturated rings. The summed E-state index contributed by atoms with van der Waals surface area (Å²) in [6.45, 7) is 3.99. The van der Waals surface area contributed by atoms with E-state index in [9.17, 15) is 4.79 Å². The van der Waals surface area contributed by atoms with Gasteiger partial charge < -0.3 is 0 Å². The lowest BCUT2D eigenvalue weighted by Gasteiger charge is -2.16. The summed E-state index contributed by atoms with van der Waals surface area (Å²) in [5.41, 5.74) is 0. The molecule has 0 aliphatic carbocycles. The van der Waals surface area contributed by atoms with E-state index < -0.39 is 0 Å². The molecule has 0 rings (SSSR count). The second-order valence-corrected chi connectivity index (χ2v) is 2.46. The zero-order valence-electron chi connectivity index (χ0n) is 6.92. The van der Waals surface area contributed by atoms with Gasteiger partial charge in [-0.3, -0.25) is 9.80 Å². The van der Waals surface area contributed by atoms with E-state index in [0.29, 0.717) is 0 Å². The minimum atomic E-state index is 0.0324. The van der Waals surface area contributed by atoms with E-state index >= 15 is 0 Å². The van der Waals surface area contributed by atoms with Crippen molar-refractivity contribution in [2.45, 2.75) is 26.7 Å². The van der Waals surface area contributed by atoms with Gasteiger partial charge in [-0.25, -0.2) is 5.84 Å². The molecule has 0 aromatic heterocycles. The fourth-order valence-electron chi connectivity index (χ4n) is 0.926. The molecule has 3 heteroatoms. The fraction of sp³-hybridized carbons (Fsp3) is 0.857. The second-order valence-electron chi connectivity index (χ2n) is 2.46. The number of rotatable bonds is 3. The number of amides is 1. The molecule has 0 radical (unpaired) electrons. The highest BCUT2D eigenvalue weighted by molar-refractivity contribution is 5.77. The molecule has 0 aromatic carbocycles. The van der Waals surface area contributed by atoms with E-state index in [4.69, 9.17) is 5.84 Å². The third kappa shape index (κ3) is 2.35. The van der Waals surface area contributed by atoms with Crippen molar-refractivity contribution in [3.8, 4) is 0 Å². The maximum absolute atomic E-state index is 11.1. The molecule has 0 aliphatic rings. The summed E-state index contributed by atoms with van der Waals surface area (Å²) in [7, 11) is 1.58. The van der Waals surface area contributed by atoms with Gasteiger partial charge in [0.15, 0.2) is 0 Å².